The molecule has 2 rings (SSSR count). The summed E-state index contributed by atoms with van der Waals surface area (Å²) < 4.78 is 5.34. The Morgan fingerprint density at radius 2 is 1.65 bits per heavy atom. The largest absolute Gasteiger partial charge is 0.486 e. The van der Waals surface area contributed by atoms with Gasteiger partial charge in [0.25, 0.3) is 0 Å². The number of nitrogens with one attached hydrogen (secondary N) is 1. The number of carbonyl (C=O) groups excluding carboxylic acids is 3. The van der Waals surface area contributed by atoms with Crippen LogP contribution < -0.4 is 10.1 Å². The number of allylic oxidation sites excluding steroid dienone is 2. The van der Waals surface area contributed by atoms with Crippen LogP contribution in [0.1, 0.15) is 67.7 Å². The molecule has 5 heteroatoms. The highest BCUT2D eigenvalue weighted by molar-refractivity contribution is 5.91. The predicted molar refractivity (Wildman–Crippen MR) is 124 cm³/mol. The fraction of sp³-hybridized carbons (Fsp3) is 0.577. The minimum atomic E-state index is -0.138. The van der Waals surface area contributed by atoms with E-state index in [-0.39, 0.29) is 41.0 Å². The number of ketones is 2. The molecule has 1 amide bonds. The molecule has 1 aromatic rings. The van der Waals surface area contributed by atoms with Crippen molar-refractivity contribution in [3.05, 3.63) is 35.9 Å². The highest BCUT2D eigenvalue weighted by atomic mass is 16.5. The van der Waals surface area contributed by atoms with Crippen LogP contribution in [0.3, 0.4) is 0 Å². The van der Waals surface area contributed by atoms with Crippen molar-refractivity contribution < 1.29 is 19.1 Å². The van der Waals surface area contributed by atoms with Crippen molar-refractivity contribution in [3.8, 4) is 5.75 Å². The average molecular weight is 428 g/mol. The summed E-state index contributed by atoms with van der Waals surface area (Å²) in [5, 5.41) is 2.91. The molecule has 31 heavy (non-hydrogen) atoms. The van der Waals surface area contributed by atoms with Crippen LogP contribution in [0.5, 0.6) is 5.75 Å². The third-order valence-electron chi connectivity index (χ3n) is 5.75. The summed E-state index contributed by atoms with van der Waals surface area (Å²) in [5.74, 6) is 0.661. The van der Waals surface area contributed by atoms with Gasteiger partial charge in [0.1, 0.15) is 18.1 Å². The Morgan fingerprint density at radius 3 is 2.16 bits per heavy atom. The molecule has 1 aliphatic carbocycles. The number of hydrogen-bond acceptors (Lipinski definition) is 4. The van der Waals surface area contributed by atoms with Crippen molar-refractivity contribution >= 4 is 23.2 Å². The van der Waals surface area contributed by atoms with E-state index < -0.39 is 0 Å². The van der Waals surface area contributed by atoms with Crippen molar-refractivity contribution in [1.82, 2.24) is 0 Å². The Bertz CT molecular complexity index is 838. The molecule has 0 heterocycles. The molecule has 0 saturated heterocycles. The SMILES string of the molecule is CC(=O)COc1ccc(NC(=O)CCC2=CC(C(C)(C)C)C(=O)C(C(C)(C)C)C2)cc1. The molecule has 170 valence electrons. The summed E-state index contributed by atoms with van der Waals surface area (Å²) in [4.78, 5) is 36.6. The van der Waals surface area contributed by atoms with Gasteiger partial charge in [0.15, 0.2) is 5.78 Å². The third-order valence-corrected chi connectivity index (χ3v) is 5.75. The first-order chi connectivity index (χ1) is 14.3. The highest BCUT2D eigenvalue weighted by Gasteiger charge is 2.42. The lowest BCUT2D eigenvalue weighted by atomic mass is 9.63. The van der Waals surface area contributed by atoms with Gasteiger partial charge in [-0.2, -0.15) is 0 Å². The molecule has 0 fully saturated rings. The summed E-state index contributed by atoms with van der Waals surface area (Å²) in [6.07, 6.45) is 3.86. The van der Waals surface area contributed by atoms with Crippen LogP contribution in [0.25, 0.3) is 0 Å². The Labute approximate surface area is 186 Å². The van der Waals surface area contributed by atoms with Gasteiger partial charge < -0.3 is 10.1 Å². The zero-order valence-corrected chi connectivity index (χ0v) is 20.0. The topological polar surface area (TPSA) is 72.5 Å². The predicted octanol–water partition coefficient (Wildman–Crippen LogP) is 5.60. The summed E-state index contributed by atoms with van der Waals surface area (Å²) in [7, 11) is 0. The second-order valence-electron chi connectivity index (χ2n) is 10.8. The van der Waals surface area contributed by atoms with Crippen LogP contribution >= 0.6 is 0 Å². The van der Waals surface area contributed by atoms with Gasteiger partial charge in [0.05, 0.1) is 0 Å². The average Bonchev–Trinajstić information content (AvgIpc) is 2.64. The van der Waals surface area contributed by atoms with Crippen LogP contribution in [-0.2, 0) is 14.4 Å². The van der Waals surface area contributed by atoms with Crippen LogP contribution in [0, 0.1) is 22.7 Å². The van der Waals surface area contributed by atoms with Crippen molar-refractivity contribution in [2.45, 2.75) is 67.7 Å². The third kappa shape index (κ3) is 7.34. The van der Waals surface area contributed by atoms with E-state index >= 15 is 0 Å². The maximum atomic E-state index is 13.1. The van der Waals surface area contributed by atoms with Crippen molar-refractivity contribution in [1.29, 1.82) is 0 Å². The van der Waals surface area contributed by atoms with Gasteiger partial charge in [-0.1, -0.05) is 53.2 Å². The number of carbonyl (C=O) groups is 3. The Morgan fingerprint density at radius 1 is 1.03 bits per heavy atom. The van der Waals surface area contributed by atoms with Gasteiger partial charge in [-0.15, -0.1) is 0 Å². The summed E-state index contributed by atoms with van der Waals surface area (Å²) in [6.45, 7) is 14.2. The van der Waals surface area contributed by atoms with Crippen molar-refractivity contribution in [3.63, 3.8) is 0 Å². The molecule has 0 aliphatic heterocycles. The lowest BCUT2D eigenvalue weighted by Crippen LogP contribution is -2.40. The standard InChI is InChI=1S/C26H37NO4/c1-17(28)16-31-20-11-9-19(10-12-20)27-23(29)13-8-18-14-21(25(2,3)4)24(30)22(15-18)26(5,6)7/h9-12,14,21-22H,8,13,15-16H2,1-7H3,(H,27,29). The number of hydrogen-bond donors (Lipinski definition) is 1. The molecule has 1 aromatic carbocycles. The van der Waals surface area contributed by atoms with E-state index in [1.54, 1.807) is 24.3 Å². The van der Waals surface area contributed by atoms with Gasteiger partial charge in [-0.25, -0.2) is 0 Å². The molecule has 2 atom stereocenters. The van der Waals surface area contributed by atoms with E-state index in [2.05, 4.69) is 52.9 Å². The second-order valence-corrected chi connectivity index (χ2v) is 10.8. The Hall–Kier alpha value is -2.43. The zero-order chi connectivity index (χ0) is 23.4. The number of amides is 1. The van der Waals surface area contributed by atoms with Gasteiger partial charge >= 0.3 is 0 Å². The molecule has 5 nitrogen and oxygen atoms in total. The minimum absolute atomic E-state index is 0.0256. The fourth-order valence-electron chi connectivity index (χ4n) is 3.88. The molecule has 2 unspecified atom stereocenters. The number of ether oxygens (including phenoxy) is 1. The minimum Gasteiger partial charge on any atom is -0.486 e. The molecule has 1 aliphatic rings. The Balaban J connectivity index is 1.99. The first-order valence-electron chi connectivity index (χ1n) is 11.0. The lowest BCUT2D eigenvalue weighted by molar-refractivity contribution is -0.132. The van der Waals surface area contributed by atoms with Crippen molar-refractivity contribution in [2.24, 2.45) is 22.7 Å². The number of Topliss-reactive ketones (excluding diaryl/α,β-unsaturated/α-hetero) is 2. The Kier molecular flexibility index (Phi) is 7.85. The van der Waals surface area contributed by atoms with Crippen LogP contribution in [0.15, 0.2) is 35.9 Å². The highest BCUT2D eigenvalue weighted by Crippen LogP contribution is 2.43. The van der Waals surface area contributed by atoms with E-state index in [0.717, 1.165) is 6.42 Å². The number of rotatable bonds is 7. The molecule has 0 saturated carbocycles. The van der Waals surface area contributed by atoms with Crippen LogP contribution in [0.4, 0.5) is 5.69 Å². The molecule has 0 spiro atoms. The first kappa shape index (κ1) is 24.8. The summed E-state index contributed by atoms with van der Waals surface area (Å²) in [5.41, 5.74) is 1.64. The van der Waals surface area contributed by atoms with Gasteiger partial charge in [0.2, 0.25) is 5.91 Å². The number of anilines is 1. The van der Waals surface area contributed by atoms with Gasteiger partial charge in [-0.3, -0.25) is 14.4 Å². The fourth-order valence-corrected chi connectivity index (χ4v) is 3.88. The molecule has 0 bridgehead atoms. The van der Waals surface area contributed by atoms with E-state index in [0.29, 0.717) is 30.1 Å². The van der Waals surface area contributed by atoms with Crippen molar-refractivity contribution in [2.75, 3.05) is 11.9 Å². The molecular weight excluding hydrogens is 390 g/mol. The van der Waals surface area contributed by atoms with E-state index in [1.165, 1.54) is 12.5 Å². The molecule has 0 aromatic heterocycles. The maximum Gasteiger partial charge on any atom is 0.224 e. The first-order valence-corrected chi connectivity index (χ1v) is 11.0. The quantitative estimate of drug-likeness (QED) is 0.575. The van der Waals surface area contributed by atoms with Crippen LogP contribution in [0.2, 0.25) is 0 Å². The van der Waals surface area contributed by atoms with Crippen LogP contribution in [-0.4, -0.2) is 24.1 Å². The van der Waals surface area contributed by atoms with Gasteiger partial charge in [0, 0.05) is 23.9 Å². The smallest absolute Gasteiger partial charge is 0.224 e. The summed E-state index contributed by atoms with van der Waals surface area (Å²) in [6, 6.07) is 6.99. The normalized spacial score (nSPS) is 19.6. The molecule has 1 N–H and O–H groups in total. The number of benzene rings is 1. The summed E-state index contributed by atoms with van der Waals surface area (Å²) >= 11 is 0. The van der Waals surface area contributed by atoms with E-state index in [4.69, 9.17) is 4.74 Å². The molecule has 0 radical (unpaired) electrons. The van der Waals surface area contributed by atoms with Gasteiger partial charge in [-0.05, 0) is 54.9 Å². The molecular formula is C26H37NO4. The zero-order valence-electron chi connectivity index (χ0n) is 20.0. The van der Waals surface area contributed by atoms with E-state index in [1.807, 2.05) is 0 Å². The van der Waals surface area contributed by atoms with E-state index in [9.17, 15) is 14.4 Å². The lowest BCUT2D eigenvalue weighted by Gasteiger charge is -2.40. The maximum absolute atomic E-state index is 13.1. The second kappa shape index (κ2) is 9.80. The monoisotopic (exact) mass is 427 g/mol.